The van der Waals surface area contributed by atoms with Crippen LogP contribution < -0.4 is 11.1 Å². The highest BCUT2D eigenvalue weighted by atomic mass is 32.1. The maximum Gasteiger partial charge on any atom is 0.267 e. The van der Waals surface area contributed by atoms with Crippen molar-refractivity contribution in [1.29, 1.82) is 0 Å². The summed E-state index contributed by atoms with van der Waals surface area (Å²) in [5.41, 5.74) is 8.80. The molecule has 3 N–H and O–H groups in total. The molecule has 21 heavy (non-hydrogen) atoms. The third-order valence-corrected chi connectivity index (χ3v) is 5.43. The zero-order valence-electron chi connectivity index (χ0n) is 12.5. The molecule has 4 nitrogen and oxygen atoms in total. The monoisotopic (exact) mass is 303 g/mol. The molecule has 0 aliphatic carbocycles. The van der Waals surface area contributed by atoms with Crippen molar-refractivity contribution in [2.45, 2.75) is 32.4 Å². The molecule has 0 bridgehead atoms. The van der Waals surface area contributed by atoms with E-state index in [0.717, 1.165) is 36.4 Å². The van der Waals surface area contributed by atoms with Crippen LogP contribution in [0.1, 0.15) is 41.2 Å². The lowest BCUT2D eigenvalue weighted by molar-refractivity contribution is 0.0854. The minimum atomic E-state index is -0.0779. The molecule has 1 aromatic heterocycles. The van der Waals surface area contributed by atoms with Gasteiger partial charge in [0.1, 0.15) is 10.5 Å². The number of nitrogens with one attached hydrogen (secondary N) is 1. The summed E-state index contributed by atoms with van der Waals surface area (Å²) in [5.74, 6) is 0.0512. The largest absolute Gasteiger partial charge is 0.397 e. The van der Waals surface area contributed by atoms with Gasteiger partial charge in [-0.2, -0.15) is 0 Å². The lowest BCUT2D eigenvalue weighted by Gasteiger charge is -2.10. The van der Waals surface area contributed by atoms with Crippen molar-refractivity contribution in [2.75, 3.05) is 18.8 Å². The molecule has 1 unspecified atom stereocenters. The minimum absolute atomic E-state index is 0.0512. The van der Waals surface area contributed by atoms with E-state index in [9.17, 15) is 4.79 Å². The average Bonchev–Trinajstić information content (AvgIpc) is 2.75. The van der Waals surface area contributed by atoms with Gasteiger partial charge in [-0.1, -0.05) is 18.2 Å². The molecule has 2 aliphatic rings. The van der Waals surface area contributed by atoms with Crippen molar-refractivity contribution in [3.05, 3.63) is 34.0 Å². The van der Waals surface area contributed by atoms with Gasteiger partial charge in [-0.05, 0) is 44.9 Å². The Balaban J connectivity index is 1.87. The second-order valence-electron chi connectivity index (χ2n) is 5.97. The number of thiophene rings is 1. The minimum Gasteiger partial charge on any atom is -0.397 e. The van der Waals surface area contributed by atoms with Crippen LogP contribution in [0, 0.1) is 0 Å². The third kappa shape index (κ3) is 2.30. The molecule has 2 saturated heterocycles. The standard InChI is InChI=1S/C16H21N3OS/c1-4-11(10(2)3)13-8-12(17)14(21-13)15(20)19-9-16(19)6-5-7-18-16/h4,8,18H,1,5-7,9,17H2,2-3H3. The molecular formula is C16H21N3OS. The molecule has 112 valence electrons. The SMILES string of the molecule is C=CC(=C(C)C)c1cc(N)c(C(=O)N2CC23CCCN3)s1. The molecule has 1 aromatic rings. The van der Waals surface area contributed by atoms with Crippen molar-refractivity contribution < 1.29 is 4.79 Å². The second kappa shape index (κ2) is 5.00. The quantitative estimate of drug-likeness (QED) is 0.667. The van der Waals surface area contributed by atoms with E-state index in [0.29, 0.717) is 10.6 Å². The molecule has 2 fully saturated rings. The van der Waals surface area contributed by atoms with E-state index < -0.39 is 0 Å². The summed E-state index contributed by atoms with van der Waals surface area (Å²) in [6.45, 7) is 9.72. The first-order valence-electron chi connectivity index (χ1n) is 7.25. The van der Waals surface area contributed by atoms with Gasteiger partial charge >= 0.3 is 0 Å². The summed E-state index contributed by atoms with van der Waals surface area (Å²) in [6, 6.07) is 1.89. The van der Waals surface area contributed by atoms with Crippen LogP contribution >= 0.6 is 11.3 Å². The van der Waals surface area contributed by atoms with Crippen LogP contribution in [0.15, 0.2) is 24.3 Å². The Hall–Kier alpha value is -1.59. The number of hydrogen-bond donors (Lipinski definition) is 2. The van der Waals surface area contributed by atoms with E-state index in [1.807, 2.05) is 30.9 Å². The van der Waals surface area contributed by atoms with Crippen molar-refractivity contribution in [2.24, 2.45) is 0 Å². The number of hydrogen-bond acceptors (Lipinski definition) is 4. The van der Waals surface area contributed by atoms with Crippen molar-refractivity contribution >= 4 is 28.5 Å². The average molecular weight is 303 g/mol. The van der Waals surface area contributed by atoms with Gasteiger partial charge < -0.3 is 10.6 Å². The molecule has 3 rings (SSSR count). The Kier molecular flexibility index (Phi) is 3.42. The molecule has 2 aliphatic heterocycles. The van der Waals surface area contributed by atoms with E-state index in [4.69, 9.17) is 5.73 Å². The predicted molar refractivity (Wildman–Crippen MR) is 88.2 cm³/mol. The van der Waals surface area contributed by atoms with Gasteiger partial charge in [0.15, 0.2) is 0 Å². The summed E-state index contributed by atoms with van der Waals surface area (Å²) in [5, 5.41) is 3.43. The maximum atomic E-state index is 12.7. The molecule has 0 aromatic carbocycles. The topological polar surface area (TPSA) is 58.1 Å². The van der Waals surface area contributed by atoms with E-state index in [-0.39, 0.29) is 11.6 Å². The Morgan fingerprint density at radius 2 is 2.33 bits per heavy atom. The van der Waals surface area contributed by atoms with Crippen LogP contribution in [-0.2, 0) is 0 Å². The van der Waals surface area contributed by atoms with E-state index >= 15 is 0 Å². The Morgan fingerprint density at radius 3 is 2.90 bits per heavy atom. The number of rotatable bonds is 3. The fourth-order valence-electron chi connectivity index (χ4n) is 3.03. The molecule has 0 radical (unpaired) electrons. The van der Waals surface area contributed by atoms with Gasteiger partial charge in [0.2, 0.25) is 0 Å². The first kappa shape index (κ1) is 14.4. The van der Waals surface area contributed by atoms with Gasteiger partial charge in [0, 0.05) is 4.88 Å². The predicted octanol–water partition coefficient (Wildman–Crippen LogP) is 2.85. The van der Waals surface area contributed by atoms with Crippen LogP contribution in [0.5, 0.6) is 0 Å². The highest BCUT2D eigenvalue weighted by Crippen LogP contribution is 2.41. The summed E-state index contributed by atoms with van der Waals surface area (Å²) in [6.07, 6.45) is 4.00. The van der Waals surface area contributed by atoms with Crippen LogP contribution in [0.3, 0.4) is 0 Å². The maximum absolute atomic E-state index is 12.7. The van der Waals surface area contributed by atoms with Crippen LogP contribution in [0.25, 0.3) is 5.57 Å². The first-order valence-corrected chi connectivity index (χ1v) is 8.07. The van der Waals surface area contributed by atoms with Gasteiger partial charge in [-0.3, -0.25) is 10.1 Å². The second-order valence-corrected chi connectivity index (χ2v) is 7.02. The fraction of sp³-hybridized carbons (Fsp3) is 0.438. The molecule has 0 saturated carbocycles. The zero-order valence-corrected chi connectivity index (χ0v) is 13.3. The number of nitrogen functional groups attached to an aromatic ring is 1. The number of nitrogens with two attached hydrogens (primary N) is 1. The molecule has 1 spiro atoms. The molecule has 5 heteroatoms. The van der Waals surface area contributed by atoms with Crippen LogP contribution in [0.4, 0.5) is 5.69 Å². The number of carbonyl (C=O) groups excluding carboxylic acids is 1. The smallest absolute Gasteiger partial charge is 0.267 e. The third-order valence-electron chi connectivity index (χ3n) is 4.26. The van der Waals surface area contributed by atoms with E-state index in [2.05, 4.69) is 11.9 Å². The molecule has 1 atom stereocenters. The van der Waals surface area contributed by atoms with Gasteiger partial charge in [-0.15, -0.1) is 11.3 Å². The molecular weight excluding hydrogens is 282 g/mol. The number of nitrogens with zero attached hydrogens (tertiary/aromatic N) is 1. The molecule has 3 heterocycles. The van der Waals surface area contributed by atoms with Crippen molar-refractivity contribution in [3.63, 3.8) is 0 Å². The first-order chi connectivity index (χ1) is 9.98. The van der Waals surface area contributed by atoms with Crippen LogP contribution in [0.2, 0.25) is 0 Å². The van der Waals surface area contributed by atoms with Gasteiger partial charge in [0.05, 0.1) is 12.2 Å². The molecule has 1 amide bonds. The summed E-state index contributed by atoms with van der Waals surface area (Å²) in [7, 11) is 0. The normalized spacial score (nSPS) is 23.4. The Labute approximate surface area is 129 Å². The number of allylic oxidation sites excluding steroid dienone is 3. The van der Waals surface area contributed by atoms with Crippen molar-refractivity contribution in [1.82, 2.24) is 10.2 Å². The van der Waals surface area contributed by atoms with E-state index in [1.165, 1.54) is 16.9 Å². The number of amides is 1. The number of carbonyl (C=O) groups is 1. The lowest BCUT2D eigenvalue weighted by atomic mass is 10.1. The Bertz CT molecular complexity index is 634. The van der Waals surface area contributed by atoms with Crippen LogP contribution in [-0.4, -0.2) is 29.6 Å². The highest BCUT2D eigenvalue weighted by Gasteiger charge is 2.56. The number of anilines is 1. The Morgan fingerprint density at radius 1 is 1.57 bits per heavy atom. The van der Waals surface area contributed by atoms with Gasteiger partial charge in [0.25, 0.3) is 5.91 Å². The summed E-state index contributed by atoms with van der Waals surface area (Å²) >= 11 is 1.47. The fourth-order valence-corrected chi connectivity index (χ4v) is 4.20. The zero-order chi connectivity index (χ0) is 15.2. The van der Waals surface area contributed by atoms with Gasteiger partial charge in [-0.25, -0.2) is 0 Å². The summed E-state index contributed by atoms with van der Waals surface area (Å²) < 4.78 is 0. The van der Waals surface area contributed by atoms with E-state index in [1.54, 1.807) is 0 Å². The summed E-state index contributed by atoms with van der Waals surface area (Å²) in [4.78, 5) is 16.2. The highest BCUT2D eigenvalue weighted by molar-refractivity contribution is 7.15. The van der Waals surface area contributed by atoms with Crippen molar-refractivity contribution in [3.8, 4) is 0 Å². The lowest BCUT2D eigenvalue weighted by Crippen LogP contribution is -2.32.